The largest absolute Gasteiger partial charge is 0.458 e. The highest BCUT2D eigenvalue weighted by Crippen LogP contribution is 2.66. The van der Waals surface area contributed by atoms with E-state index in [9.17, 15) is 24.6 Å². The first kappa shape index (κ1) is 27.9. The van der Waals surface area contributed by atoms with Crippen LogP contribution < -0.4 is 5.32 Å². The van der Waals surface area contributed by atoms with Gasteiger partial charge in [-0.3, -0.25) is 4.79 Å². The minimum atomic E-state index is -0.861. The van der Waals surface area contributed by atoms with Crippen molar-refractivity contribution in [2.75, 3.05) is 26.4 Å². The second-order valence-electron chi connectivity index (χ2n) is 12.5. The molecule has 10 nitrogen and oxygen atoms in total. The van der Waals surface area contributed by atoms with E-state index >= 15 is 0 Å². The molecule has 7 atom stereocenters. The number of ether oxygens (including phenoxy) is 4. The van der Waals surface area contributed by atoms with Crippen LogP contribution in [0.1, 0.15) is 66.7 Å². The van der Waals surface area contributed by atoms with E-state index in [1.165, 1.54) is 0 Å². The fourth-order valence-electron chi connectivity index (χ4n) is 6.99. The molecule has 2 saturated heterocycles. The van der Waals surface area contributed by atoms with E-state index in [1.54, 1.807) is 26.8 Å². The maximum atomic E-state index is 12.5. The lowest BCUT2D eigenvalue weighted by Crippen LogP contribution is -2.60. The number of hydrogen-bond acceptors (Lipinski definition) is 9. The molecule has 37 heavy (non-hydrogen) atoms. The molecule has 10 heteroatoms. The van der Waals surface area contributed by atoms with Gasteiger partial charge in [0.2, 0.25) is 0 Å². The average molecular weight is 524 g/mol. The van der Waals surface area contributed by atoms with Crippen molar-refractivity contribution in [1.82, 2.24) is 5.32 Å². The number of aliphatic hydroxyl groups is 2. The summed E-state index contributed by atoms with van der Waals surface area (Å²) in [6.07, 6.45) is 3.27. The van der Waals surface area contributed by atoms with Gasteiger partial charge in [-0.1, -0.05) is 19.9 Å². The number of esters is 2. The SMILES string of the molecule is CC(C)(C)OC(=O)NCC(=O)O[C@@H]1COC(=O)/C1=C/C[C@@H]1[C@@]2(CC[C@@H]3[C@](C)(CO)[C@H](O)CC[C@]31C)CO2. The number of cyclic esters (lactones) is 1. The van der Waals surface area contributed by atoms with Crippen molar-refractivity contribution in [3.8, 4) is 0 Å². The Morgan fingerprint density at radius 3 is 2.54 bits per heavy atom. The minimum absolute atomic E-state index is 0.0724. The zero-order chi connectivity index (χ0) is 27.2. The minimum Gasteiger partial charge on any atom is -0.458 e. The van der Waals surface area contributed by atoms with Gasteiger partial charge in [-0.15, -0.1) is 0 Å². The van der Waals surface area contributed by atoms with Crippen LogP contribution in [0, 0.1) is 22.7 Å². The van der Waals surface area contributed by atoms with Gasteiger partial charge in [0, 0.05) is 5.41 Å². The van der Waals surface area contributed by atoms with Gasteiger partial charge in [0.15, 0.2) is 6.10 Å². The molecule has 4 aliphatic rings. The Labute approximate surface area is 218 Å². The number of rotatable bonds is 6. The first-order valence-corrected chi connectivity index (χ1v) is 13.2. The van der Waals surface area contributed by atoms with Crippen LogP contribution in [0.25, 0.3) is 0 Å². The van der Waals surface area contributed by atoms with Crippen LogP contribution in [0.5, 0.6) is 0 Å². The lowest BCUT2D eigenvalue weighted by atomic mass is 9.45. The number of allylic oxidation sites excluding steroid dienone is 1. The number of fused-ring (bicyclic) bond motifs is 1. The zero-order valence-electron chi connectivity index (χ0n) is 22.5. The third-order valence-electron chi connectivity index (χ3n) is 9.02. The van der Waals surface area contributed by atoms with E-state index in [-0.39, 0.29) is 41.6 Å². The molecule has 0 unspecified atom stereocenters. The molecule has 1 amide bonds. The molecule has 0 aromatic heterocycles. The molecule has 208 valence electrons. The second-order valence-corrected chi connectivity index (χ2v) is 12.5. The maximum Gasteiger partial charge on any atom is 0.408 e. The maximum absolute atomic E-state index is 12.5. The summed E-state index contributed by atoms with van der Waals surface area (Å²) in [7, 11) is 0. The van der Waals surface area contributed by atoms with Crippen LogP contribution in [0.2, 0.25) is 0 Å². The Balaban J connectivity index is 1.45. The van der Waals surface area contributed by atoms with E-state index in [2.05, 4.69) is 12.2 Å². The van der Waals surface area contributed by atoms with Crippen molar-refractivity contribution >= 4 is 18.0 Å². The number of hydrogen-bond donors (Lipinski definition) is 3. The molecule has 3 N–H and O–H groups in total. The molecule has 4 fully saturated rings. The molecule has 1 spiro atoms. The molecule has 2 saturated carbocycles. The molecule has 2 aliphatic carbocycles. The molecular weight excluding hydrogens is 482 g/mol. The van der Waals surface area contributed by atoms with Gasteiger partial charge >= 0.3 is 18.0 Å². The fraction of sp³-hybridized carbons (Fsp3) is 0.815. The lowest BCUT2D eigenvalue weighted by Gasteiger charge is -2.60. The van der Waals surface area contributed by atoms with Crippen LogP contribution in [-0.2, 0) is 28.5 Å². The van der Waals surface area contributed by atoms with E-state index < -0.39 is 47.8 Å². The van der Waals surface area contributed by atoms with Crippen LogP contribution in [0.4, 0.5) is 4.79 Å². The van der Waals surface area contributed by atoms with Crippen molar-refractivity contribution in [2.24, 2.45) is 22.7 Å². The van der Waals surface area contributed by atoms with Crippen molar-refractivity contribution in [3.63, 3.8) is 0 Å². The summed E-state index contributed by atoms with van der Waals surface area (Å²) in [6, 6.07) is 0. The topological polar surface area (TPSA) is 144 Å². The summed E-state index contributed by atoms with van der Waals surface area (Å²) in [4.78, 5) is 36.7. The molecule has 2 heterocycles. The summed E-state index contributed by atoms with van der Waals surface area (Å²) >= 11 is 0. The van der Waals surface area contributed by atoms with Gasteiger partial charge in [-0.2, -0.15) is 0 Å². The third kappa shape index (κ3) is 5.38. The average Bonchev–Trinajstić information content (AvgIpc) is 3.50. The number of epoxide rings is 1. The van der Waals surface area contributed by atoms with Gasteiger partial charge in [0.05, 0.1) is 30.5 Å². The van der Waals surface area contributed by atoms with Crippen molar-refractivity contribution < 1.29 is 43.5 Å². The van der Waals surface area contributed by atoms with Gasteiger partial charge in [-0.05, 0) is 70.1 Å². The number of aliphatic hydroxyl groups excluding tert-OH is 2. The van der Waals surface area contributed by atoms with Crippen LogP contribution in [-0.4, -0.2) is 78.0 Å². The highest BCUT2D eigenvalue weighted by atomic mass is 16.6. The highest BCUT2D eigenvalue weighted by molar-refractivity contribution is 5.92. The summed E-state index contributed by atoms with van der Waals surface area (Å²) in [5, 5.41) is 23.4. The van der Waals surface area contributed by atoms with Crippen LogP contribution >= 0.6 is 0 Å². The number of alkyl carbamates (subject to hydrolysis) is 1. The quantitative estimate of drug-likeness (QED) is 0.207. The van der Waals surface area contributed by atoms with Gasteiger partial charge in [0.1, 0.15) is 18.8 Å². The normalized spacial score (nSPS) is 40.2. The molecule has 0 aromatic carbocycles. The summed E-state index contributed by atoms with van der Waals surface area (Å²) in [5.74, 6) is -1.05. The van der Waals surface area contributed by atoms with Crippen LogP contribution in [0.15, 0.2) is 11.6 Å². The predicted octanol–water partition coefficient (Wildman–Crippen LogP) is 2.25. The first-order valence-electron chi connectivity index (χ1n) is 13.2. The van der Waals surface area contributed by atoms with E-state index in [1.807, 2.05) is 6.92 Å². The Bertz CT molecular complexity index is 952. The third-order valence-corrected chi connectivity index (χ3v) is 9.02. The van der Waals surface area contributed by atoms with Crippen molar-refractivity contribution in [2.45, 2.75) is 90.1 Å². The molecule has 0 radical (unpaired) electrons. The van der Waals surface area contributed by atoms with Crippen molar-refractivity contribution in [1.29, 1.82) is 0 Å². The fourth-order valence-corrected chi connectivity index (χ4v) is 6.99. The molecule has 2 aliphatic heterocycles. The Kier molecular flexibility index (Phi) is 7.42. The van der Waals surface area contributed by atoms with Gasteiger partial charge < -0.3 is 34.5 Å². The monoisotopic (exact) mass is 523 g/mol. The van der Waals surface area contributed by atoms with Crippen LogP contribution in [0.3, 0.4) is 0 Å². The highest BCUT2D eigenvalue weighted by Gasteiger charge is 2.66. The second kappa shape index (κ2) is 9.85. The van der Waals surface area contributed by atoms with Crippen molar-refractivity contribution in [3.05, 3.63) is 11.6 Å². The number of carbonyl (C=O) groups excluding carboxylic acids is 3. The summed E-state index contributed by atoms with van der Waals surface area (Å²) in [6.45, 7) is 9.43. The smallest absolute Gasteiger partial charge is 0.408 e. The zero-order valence-corrected chi connectivity index (χ0v) is 22.5. The molecular formula is C27H41NO9. The van der Waals surface area contributed by atoms with E-state index in [0.717, 1.165) is 19.3 Å². The summed E-state index contributed by atoms with van der Waals surface area (Å²) < 4.78 is 21.8. The molecule has 0 aromatic rings. The predicted molar refractivity (Wildman–Crippen MR) is 131 cm³/mol. The van der Waals surface area contributed by atoms with Gasteiger partial charge in [-0.25, -0.2) is 9.59 Å². The van der Waals surface area contributed by atoms with E-state index in [4.69, 9.17) is 18.9 Å². The summed E-state index contributed by atoms with van der Waals surface area (Å²) in [5.41, 5.74) is -1.48. The number of carbonyl (C=O) groups is 3. The lowest BCUT2D eigenvalue weighted by molar-refractivity contribution is -0.175. The Morgan fingerprint density at radius 1 is 1.22 bits per heavy atom. The van der Waals surface area contributed by atoms with E-state index in [0.29, 0.717) is 19.4 Å². The Morgan fingerprint density at radius 2 is 1.92 bits per heavy atom. The number of amides is 1. The Hall–Kier alpha value is -2.17. The molecule has 4 rings (SSSR count). The van der Waals surface area contributed by atoms with Gasteiger partial charge in [0.25, 0.3) is 0 Å². The number of nitrogens with one attached hydrogen (secondary N) is 1. The first-order chi connectivity index (χ1) is 17.2. The molecule has 0 bridgehead atoms. The standard InChI is InChI=1S/C27H41NO9/c1-24(2,3)37-23(33)28-12-21(31)36-17-13-34-22(32)16(17)6-7-19-25(4)10-9-20(30)26(5,14-29)18(25)8-11-27(19)15-35-27/h6,17-20,29-30H,7-15H2,1-5H3,(H,28,33)/b16-6+/t17-,18+,19+,20-,25-,26+,27-/m1/s1.